The Balaban J connectivity index is 2.43. The minimum atomic E-state index is -0.583. The first-order valence-corrected chi connectivity index (χ1v) is 5.38. The molecule has 17 heavy (non-hydrogen) atoms. The Labute approximate surface area is 103 Å². The molecule has 0 amide bonds. The van der Waals surface area contributed by atoms with E-state index in [-0.39, 0.29) is 5.56 Å². The fourth-order valence-electron chi connectivity index (χ4n) is 1.43. The maximum atomic E-state index is 13.5. The maximum Gasteiger partial charge on any atom is 0.197 e. The van der Waals surface area contributed by atoms with Crippen LogP contribution in [0.1, 0.15) is 21.6 Å². The first kappa shape index (κ1) is 11.7. The van der Waals surface area contributed by atoms with Crippen LogP contribution in [0.3, 0.4) is 0 Å². The van der Waals surface area contributed by atoms with Crippen LogP contribution in [0, 0.1) is 12.7 Å². The average Bonchev–Trinajstić information content (AvgIpc) is 2.32. The van der Waals surface area contributed by atoms with E-state index in [1.165, 1.54) is 24.4 Å². The van der Waals surface area contributed by atoms with Crippen molar-refractivity contribution in [3.05, 3.63) is 64.2 Å². The Bertz CT molecular complexity index is 566. The highest BCUT2D eigenvalue weighted by Crippen LogP contribution is 2.18. The SMILES string of the molecule is Cc1ccc(C(=O)c2cc(Cl)ccc2F)cn1. The van der Waals surface area contributed by atoms with Crippen LogP contribution in [0.5, 0.6) is 0 Å². The molecule has 1 aromatic carbocycles. The van der Waals surface area contributed by atoms with Gasteiger partial charge in [-0.1, -0.05) is 11.6 Å². The van der Waals surface area contributed by atoms with Gasteiger partial charge in [0.15, 0.2) is 5.78 Å². The topological polar surface area (TPSA) is 30.0 Å². The van der Waals surface area contributed by atoms with Crippen LogP contribution >= 0.6 is 11.6 Å². The number of carbonyl (C=O) groups is 1. The molecule has 0 atom stereocenters. The molecule has 0 saturated heterocycles. The van der Waals surface area contributed by atoms with Crippen LogP contribution < -0.4 is 0 Å². The molecule has 1 aromatic heterocycles. The number of benzene rings is 1. The molecule has 0 spiro atoms. The van der Waals surface area contributed by atoms with E-state index in [2.05, 4.69) is 4.98 Å². The van der Waals surface area contributed by atoms with Crippen molar-refractivity contribution in [3.63, 3.8) is 0 Å². The number of aryl methyl sites for hydroxylation is 1. The molecule has 1 heterocycles. The van der Waals surface area contributed by atoms with Gasteiger partial charge in [-0.05, 0) is 37.3 Å². The second-order valence-electron chi connectivity index (χ2n) is 3.64. The number of hydrogen-bond donors (Lipinski definition) is 0. The minimum Gasteiger partial charge on any atom is -0.288 e. The zero-order chi connectivity index (χ0) is 12.4. The lowest BCUT2D eigenvalue weighted by molar-refractivity contribution is 0.103. The third-order valence-electron chi connectivity index (χ3n) is 2.35. The van der Waals surface area contributed by atoms with Gasteiger partial charge in [0.05, 0.1) is 5.56 Å². The lowest BCUT2D eigenvalue weighted by Gasteiger charge is -2.03. The Morgan fingerprint density at radius 2 is 2.06 bits per heavy atom. The smallest absolute Gasteiger partial charge is 0.197 e. The highest BCUT2D eigenvalue weighted by molar-refractivity contribution is 6.31. The van der Waals surface area contributed by atoms with Gasteiger partial charge >= 0.3 is 0 Å². The Kier molecular flexibility index (Phi) is 3.20. The average molecular weight is 250 g/mol. The number of carbonyl (C=O) groups excluding carboxylic acids is 1. The maximum absolute atomic E-state index is 13.5. The summed E-state index contributed by atoms with van der Waals surface area (Å²) in [4.78, 5) is 16.0. The van der Waals surface area contributed by atoms with Gasteiger partial charge in [0.1, 0.15) is 5.82 Å². The van der Waals surface area contributed by atoms with Crippen LogP contribution in [0.15, 0.2) is 36.5 Å². The van der Waals surface area contributed by atoms with E-state index in [0.717, 1.165) is 5.69 Å². The summed E-state index contributed by atoms with van der Waals surface area (Å²) in [5, 5.41) is 0.329. The highest BCUT2D eigenvalue weighted by atomic mass is 35.5. The molecule has 0 N–H and O–H groups in total. The second kappa shape index (κ2) is 4.63. The van der Waals surface area contributed by atoms with E-state index in [9.17, 15) is 9.18 Å². The summed E-state index contributed by atoms with van der Waals surface area (Å²) in [6, 6.07) is 7.22. The second-order valence-corrected chi connectivity index (χ2v) is 4.08. The lowest BCUT2D eigenvalue weighted by Crippen LogP contribution is -2.05. The van der Waals surface area contributed by atoms with E-state index in [1.54, 1.807) is 12.1 Å². The van der Waals surface area contributed by atoms with E-state index in [4.69, 9.17) is 11.6 Å². The molecular weight excluding hydrogens is 241 g/mol. The fourth-order valence-corrected chi connectivity index (χ4v) is 1.60. The normalized spacial score (nSPS) is 10.3. The Morgan fingerprint density at radius 3 is 2.71 bits per heavy atom. The zero-order valence-corrected chi connectivity index (χ0v) is 9.83. The van der Waals surface area contributed by atoms with Gasteiger partial charge in [-0.3, -0.25) is 9.78 Å². The van der Waals surface area contributed by atoms with Crippen LogP contribution in [0.25, 0.3) is 0 Å². The van der Waals surface area contributed by atoms with Gasteiger partial charge in [0.25, 0.3) is 0 Å². The number of nitrogens with zero attached hydrogens (tertiary/aromatic N) is 1. The van der Waals surface area contributed by atoms with Gasteiger partial charge in [0.2, 0.25) is 0 Å². The molecular formula is C13H9ClFNO. The molecule has 0 aliphatic rings. The largest absolute Gasteiger partial charge is 0.288 e. The molecule has 0 bridgehead atoms. The minimum absolute atomic E-state index is 0.0387. The van der Waals surface area contributed by atoms with E-state index in [1.807, 2.05) is 6.92 Å². The molecule has 2 aromatic rings. The van der Waals surface area contributed by atoms with Crippen molar-refractivity contribution in [3.8, 4) is 0 Å². The summed E-state index contributed by atoms with van der Waals surface area (Å²) in [6.45, 7) is 1.81. The molecule has 0 aliphatic carbocycles. The van der Waals surface area contributed by atoms with Crippen LogP contribution in [-0.2, 0) is 0 Å². The molecule has 2 nitrogen and oxygen atoms in total. The van der Waals surface area contributed by atoms with Crippen LogP contribution in [0.2, 0.25) is 5.02 Å². The monoisotopic (exact) mass is 249 g/mol. The summed E-state index contributed by atoms with van der Waals surface area (Å²) in [7, 11) is 0. The van der Waals surface area contributed by atoms with E-state index in [0.29, 0.717) is 10.6 Å². The third-order valence-corrected chi connectivity index (χ3v) is 2.58. The van der Waals surface area contributed by atoms with Gasteiger partial charge in [-0.15, -0.1) is 0 Å². The zero-order valence-electron chi connectivity index (χ0n) is 9.08. The number of hydrogen-bond acceptors (Lipinski definition) is 2. The van der Waals surface area contributed by atoms with Crippen LogP contribution in [-0.4, -0.2) is 10.8 Å². The van der Waals surface area contributed by atoms with Crippen molar-refractivity contribution in [1.82, 2.24) is 4.98 Å². The molecule has 0 fully saturated rings. The number of pyridine rings is 1. The van der Waals surface area contributed by atoms with Crippen molar-refractivity contribution in [1.29, 1.82) is 0 Å². The summed E-state index contributed by atoms with van der Waals surface area (Å²) in [5.74, 6) is -1.00. The molecule has 0 aliphatic heterocycles. The first-order chi connectivity index (χ1) is 8.08. The summed E-state index contributed by atoms with van der Waals surface area (Å²) in [5.41, 5.74) is 1.10. The van der Waals surface area contributed by atoms with Crippen molar-refractivity contribution >= 4 is 17.4 Å². The molecule has 4 heteroatoms. The Hall–Kier alpha value is -1.74. The summed E-state index contributed by atoms with van der Waals surface area (Å²) in [6.07, 6.45) is 1.43. The van der Waals surface area contributed by atoms with E-state index < -0.39 is 11.6 Å². The predicted molar refractivity (Wildman–Crippen MR) is 63.8 cm³/mol. The molecule has 0 unspecified atom stereocenters. The van der Waals surface area contributed by atoms with Gasteiger partial charge in [0, 0.05) is 22.5 Å². The first-order valence-electron chi connectivity index (χ1n) is 5.00. The van der Waals surface area contributed by atoms with Crippen molar-refractivity contribution in [2.45, 2.75) is 6.92 Å². The number of ketones is 1. The summed E-state index contributed by atoms with van der Waals surface area (Å²) >= 11 is 5.74. The highest BCUT2D eigenvalue weighted by Gasteiger charge is 2.14. The van der Waals surface area contributed by atoms with Gasteiger partial charge in [-0.2, -0.15) is 0 Å². The molecule has 0 radical (unpaired) electrons. The van der Waals surface area contributed by atoms with Gasteiger partial charge in [-0.25, -0.2) is 4.39 Å². The number of halogens is 2. The lowest BCUT2D eigenvalue weighted by atomic mass is 10.0. The van der Waals surface area contributed by atoms with Crippen molar-refractivity contribution < 1.29 is 9.18 Å². The molecule has 86 valence electrons. The standard InChI is InChI=1S/C13H9ClFNO/c1-8-2-3-9(7-16-8)13(17)11-6-10(14)4-5-12(11)15/h2-7H,1H3. The molecule has 2 rings (SSSR count). The summed E-state index contributed by atoms with van der Waals surface area (Å²) < 4.78 is 13.5. The van der Waals surface area contributed by atoms with Gasteiger partial charge < -0.3 is 0 Å². The predicted octanol–water partition coefficient (Wildman–Crippen LogP) is 3.41. The third kappa shape index (κ3) is 2.50. The molecule has 0 saturated carbocycles. The quantitative estimate of drug-likeness (QED) is 0.764. The number of rotatable bonds is 2. The van der Waals surface area contributed by atoms with Crippen LogP contribution in [0.4, 0.5) is 4.39 Å². The fraction of sp³-hybridized carbons (Fsp3) is 0.0769. The Morgan fingerprint density at radius 1 is 1.29 bits per heavy atom. The number of aromatic nitrogens is 1. The van der Waals surface area contributed by atoms with Crippen molar-refractivity contribution in [2.24, 2.45) is 0 Å². The van der Waals surface area contributed by atoms with Crippen molar-refractivity contribution in [2.75, 3.05) is 0 Å². The van der Waals surface area contributed by atoms with E-state index >= 15 is 0 Å².